The lowest BCUT2D eigenvalue weighted by Gasteiger charge is -2.26. The zero-order valence-electron chi connectivity index (χ0n) is 10.8. The fourth-order valence-corrected chi connectivity index (χ4v) is 3.14. The molecule has 2 rings (SSSR count). The standard InChI is InChI=1S/C13H23NO2/c1-12(2,3)5-11(16)14-6-9-10(7-15)13(9,4)8-14/h9-10,15H,5-8H2,1-4H3/t9-,10-,13-/m1/s1. The molecule has 0 unspecified atom stereocenters. The van der Waals surface area contributed by atoms with E-state index in [2.05, 4.69) is 27.7 Å². The number of hydrogen-bond acceptors (Lipinski definition) is 2. The highest BCUT2D eigenvalue weighted by atomic mass is 16.3. The van der Waals surface area contributed by atoms with Crippen molar-refractivity contribution < 1.29 is 9.90 Å². The van der Waals surface area contributed by atoms with Crippen molar-refractivity contribution in [3.8, 4) is 0 Å². The highest BCUT2D eigenvalue weighted by Crippen LogP contribution is 2.62. The van der Waals surface area contributed by atoms with E-state index in [0.717, 1.165) is 13.1 Å². The monoisotopic (exact) mass is 225 g/mol. The molecule has 1 aliphatic carbocycles. The van der Waals surface area contributed by atoms with Crippen LogP contribution in [-0.2, 0) is 4.79 Å². The molecule has 0 aromatic carbocycles. The SMILES string of the molecule is CC(C)(C)CC(=O)N1C[C@@H]2[C@@H](CO)[C@]2(C)C1. The number of aliphatic hydroxyl groups is 1. The molecule has 1 amide bonds. The zero-order chi connectivity index (χ0) is 12.1. The van der Waals surface area contributed by atoms with Crippen molar-refractivity contribution in [1.82, 2.24) is 4.90 Å². The molecule has 1 saturated carbocycles. The van der Waals surface area contributed by atoms with Crippen LogP contribution in [0.25, 0.3) is 0 Å². The Balaban J connectivity index is 1.90. The number of likely N-dealkylation sites (tertiary alicyclic amines) is 1. The first-order valence-corrected chi connectivity index (χ1v) is 6.16. The number of piperidine rings is 1. The quantitative estimate of drug-likeness (QED) is 0.774. The van der Waals surface area contributed by atoms with Crippen molar-refractivity contribution in [3.05, 3.63) is 0 Å². The lowest BCUT2D eigenvalue weighted by atomic mass is 9.91. The average Bonchev–Trinajstić information content (AvgIpc) is 2.47. The molecule has 1 heterocycles. The van der Waals surface area contributed by atoms with Crippen LogP contribution in [0, 0.1) is 22.7 Å². The molecule has 0 aromatic rings. The Morgan fingerprint density at radius 3 is 2.50 bits per heavy atom. The highest BCUT2D eigenvalue weighted by molar-refractivity contribution is 5.77. The first kappa shape index (κ1) is 11.9. The van der Waals surface area contributed by atoms with E-state index in [0.29, 0.717) is 18.3 Å². The fraction of sp³-hybridized carbons (Fsp3) is 0.923. The Kier molecular flexibility index (Phi) is 2.57. The van der Waals surface area contributed by atoms with E-state index in [1.165, 1.54) is 0 Å². The third kappa shape index (κ3) is 1.86. The van der Waals surface area contributed by atoms with E-state index in [1.54, 1.807) is 0 Å². The van der Waals surface area contributed by atoms with Crippen LogP contribution in [0.1, 0.15) is 34.1 Å². The summed E-state index contributed by atoms with van der Waals surface area (Å²) in [7, 11) is 0. The van der Waals surface area contributed by atoms with Gasteiger partial charge in [-0.3, -0.25) is 4.79 Å². The summed E-state index contributed by atoms with van der Waals surface area (Å²) in [6.07, 6.45) is 0.625. The predicted octanol–water partition coefficient (Wildman–Crippen LogP) is 1.51. The van der Waals surface area contributed by atoms with Gasteiger partial charge in [0.15, 0.2) is 0 Å². The minimum absolute atomic E-state index is 0.0706. The van der Waals surface area contributed by atoms with Crippen molar-refractivity contribution in [3.63, 3.8) is 0 Å². The van der Waals surface area contributed by atoms with Gasteiger partial charge in [0.05, 0.1) is 0 Å². The Labute approximate surface area is 97.8 Å². The summed E-state index contributed by atoms with van der Waals surface area (Å²) in [4.78, 5) is 14.0. The van der Waals surface area contributed by atoms with Gasteiger partial charge in [0.2, 0.25) is 5.91 Å². The van der Waals surface area contributed by atoms with Gasteiger partial charge in [0.25, 0.3) is 0 Å². The van der Waals surface area contributed by atoms with Crippen molar-refractivity contribution >= 4 is 5.91 Å². The van der Waals surface area contributed by atoms with Gasteiger partial charge in [-0.25, -0.2) is 0 Å². The normalized spacial score (nSPS) is 37.4. The number of carbonyl (C=O) groups excluding carboxylic acids is 1. The van der Waals surface area contributed by atoms with Crippen LogP contribution in [-0.4, -0.2) is 35.6 Å². The molecule has 3 atom stereocenters. The predicted molar refractivity (Wildman–Crippen MR) is 62.8 cm³/mol. The van der Waals surface area contributed by atoms with E-state index in [9.17, 15) is 9.90 Å². The number of hydrogen-bond donors (Lipinski definition) is 1. The van der Waals surface area contributed by atoms with Gasteiger partial charge in [-0.2, -0.15) is 0 Å². The largest absolute Gasteiger partial charge is 0.396 e. The minimum Gasteiger partial charge on any atom is -0.396 e. The fourth-order valence-electron chi connectivity index (χ4n) is 3.14. The van der Waals surface area contributed by atoms with Crippen molar-refractivity contribution in [1.29, 1.82) is 0 Å². The molecule has 3 nitrogen and oxygen atoms in total. The number of nitrogens with zero attached hydrogens (tertiary/aromatic N) is 1. The van der Waals surface area contributed by atoms with Crippen LogP contribution in [0.4, 0.5) is 0 Å². The first-order valence-electron chi connectivity index (χ1n) is 6.16. The third-order valence-electron chi connectivity index (χ3n) is 4.25. The summed E-state index contributed by atoms with van der Waals surface area (Å²) in [6.45, 7) is 10.5. The van der Waals surface area contributed by atoms with Crippen LogP contribution in [0.3, 0.4) is 0 Å². The Morgan fingerprint density at radius 1 is 1.50 bits per heavy atom. The van der Waals surface area contributed by atoms with Gasteiger partial charge in [-0.15, -0.1) is 0 Å². The maximum Gasteiger partial charge on any atom is 0.223 e. The second-order valence-electron chi connectivity index (χ2n) is 6.91. The lowest BCUT2D eigenvalue weighted by molar-refractivity contribution is -0.133. The average molecular weight is 225 g/mol. The van der Waals surface area contributed by atoms with Gasteiger partial charge in [0.1, 0.15) is 0 Å². The van der Waals surface area contributed by atoms with E-state index in [-0.39, 0.29) is 23.3 Å². The maximum atomic E-state index is 12.0. The lowest BCUT2D eigenvalue weighted by Crippen LogP contribution is -2.35. The summed E-state index contributed by atoms with van der Waals surface area (Å²) < 4.78 is 0. The number of aliphatic hydroxyl groups excluding tert-OH is 1. The van der Waals surface area contributed by atoms with Gasteiger partial charge < -0.3 is 10.0 Å². The zero-order valence-corrected chi connectivity index (χ0v) is 10.8. The molecule has 92 valence electrons. The topological polar surface area (TPSA) is 40.5 Å². The third-order valence-corrected chi connectivity index (χ3v) is 4.25. The summed E-state index contributed by atoms with van der Waals surface area (Å²) in [5.41, 5.74) is 0.281. The molecule has 0 spiro atoms. The van der Waals surface area contributed by atoms with Crippen LogP contribution < -0.4 is 0 Å². The number of amides is 1. The molecule has 1 N–H and O–H groups in total. The summed E-state index contributed by atoms with van der Waals surface area (Å²) in [5, 5.41) is 9.18. The smallest absolute Gasteiger partial charge is 0.223 e. The molecule has 2 aliphatic rings. The summed E-state index contributed by atoms with van der Waals surface area (Å²) in [5.74, 6) is 1.25. The van der Waals surface area contributed by atoms with Crippen molar-refractivity contribution in [2.45, 2.75) is 34.1 Å². The molecule has 2 fully saturated rings. The highest BCUT2D eigenvalue weighted by Gasteiger charge is 2.65. The van der Waals surface area contributed by atoms with E-state index in [1.807, 2.05) is 4.90 Å². The number of carbonyl (C=O) groups is 1. The second-order valence-corrected chi connectivity index (χ2v) is 6.91. The van der Waals surface area contributed by atoms with Gasteiger partial charge >= 0.3 is 0 Å². The van der Waals surface area contributed by atoms with Crippen LogP contribution in [0.5, 0.6) is 0 Å². The maximum absolute atomic E-state index is 12.0. The first-order chi connectivity index (χ1) is 7.28. The molecule has 0 bridgehead atoms. The van der Waals surface area contributed by atoms with Crippen molar-refractivity contribution in [2.24, 2.45) is 22.7 Å². The van der Waals surface area contributed by atoms with Crippen molar-refractivity contribution in [2.75, 3.05) is 19.7 Å². The van der Waals surface area contributed by atoms with E-state index >= 15 is 0 Å². The van der Waals surface area contributed by atoms with Gasteiger partial charge in [-0.1, -0.05) is 27.7 Å². The van der Waals surface area contributed by atoms with Gasteiger partial charge in [0, 0.05) is 26.1 Å². The molecule has 16 heavy (non-hydrogen) atoms. The number of rotatable bonds is 2. The van der Waals surface area contributed by atoms with E-state index < -0.39 is 0 Å². The Hall–Kier alpha value is -0.570. The Morgan fingerprint density at radius 2 is 2.12 bits per heavy atom. The molecule has 0 radical (unpaired) electrons. The van der Waals surface area contributed by atoms with Crippen LogP contribution >= 0.6 is 0 Å². The minimum atomic E-state index is 0.0706. The summed E-state index contributed by atoms with van der Waals surface area (Å²) >= 11 is 0. The molecule has 0 aromatic heterocycles. The van der Waals surface area contributed by atoms with Crippen LogP contribution in [0.15, 0.2) is 0 Å². The van der Waals surface area contributed by atoms with E-state index in [4.69, 9.17) is 0 Å². The molecule has 1 aliphatic heterocycles. The molecule has 3 heteroatoms. The molecular weight excluding hydrogens is 202 g/mol. The molecular formula is C13H23NO2. The van der Waals surface area contributed by atoms with Crippen LogP contribution in [0.2, 0.25) is 0 Å². The molecule has 1 saturated heterocycles. The van der Waals surface area contributed by atoms with Gasteiger partial charge in [-0.05, 0) is 22.7 Å². The number of fused-ring (bicyclic) bond motifs is 1. The second kappa shape index (κ2) is 3.46. The Bertz CT molecular complexity index is 308. The summed E-state index contributed by atoms with van der Waals surface area (Å²) in [6, 6.07) is 0.